The van der Waals surface area contributed by atoms with E-state index in [0.717, 1.165) is 16.5 Å². The van der Waals surface area contributed by atoms with Gasteiger partial charge in [-0.2, -0.15) is 0 Å². The molecule has 0 saturated carbocycles. The highest BCUT2D eigenvalue weighted by Gasteiger charge is 2.05. The molecule has 1 aromatic carbocycles. The first-order valence-corrected chi connectivity index (χ1v) is 8.81. The quantitative estimate of drug-likeness (QED) is 0.475. The van der Waals surface area contributed by atoms with E-state index >= 15 is 0 Å². The maximum Gasteiger partial charge on any atom is 0.173 e. The largest absolute Gasteiger partial charge is 0.735 e. The maximum absolute atomic E-state index is 10.6. The van der Waals surface area contributed by atoms with E-state index < -0.39 is 10.3 Å². The van der Waals surface area contributed by atoms with Crippen molar-refractivity contribution in [3.63, 3.8) is 0 Å². The molecule has 5 nitrogen and oxygen atoms in total. The predicted octanol–water partition coefficient (Wildman–Crippen LogP) is 1.47. The van der Waals surface area contributed by atoms with Gasteiger partial charge in [0.05, 0.1) is 0 Å². The zero-order chi connectivity index (χ0) is 15.3. The van der Waals surface area contributed by atoms with Crippen LogP contribution in [0.1, 0.15) is 16.7 Å². The summed E-state index contributed by atoms with van der Waals surface area (Å²) in [4.78, 5) is 0. The van der Waals surface area contributed by atoms with Gasteiger partial charge in [-0.05, 0) is 11.6 Å². The number of alkyl halides is 1. The van der Waals surface area contributed by atoms with Crippen LogP contribution in [-0.4, -0.2) is 13.0 Å². The molecule has 2 aromatic rings. The van der Waals surface area contributed by atoms with Crippen LogP contribution in [0.2, 0.25) is 0 Å². The van der Waals surface area contributed by atoms with Gasteiger partial charge in [0.15, 0.2) is 29.2 Å². The second-order valence-corrected chi connectivity index (χ2v) is 6.37. The van der Waals surface area contributed by atoms with Crippen LogP contribution >= 0.6 is 15.9 Å². The molecule has 0 spiro atoms. The van der Waals surface area contributed by atoms with Crippen LogP contribution in [0.25, 0.3) is 0 Å². The van der Waals surface area contributed by atoms with E-state index in [1.165, 1.54) is 5.56 Å². The molecule has 2 rings (SSSR count). The lowest BCUT2D eigenvalue weighted by Crippen LogP contribution is -2.34. The van der Waals surface area contributed by atoms with Crippen LogP contribution in [0.5, 0.6) is 0 Å². The van der Waals surface area contributed by atoms with Crippen molar-refractivity contribution >= 4 is 26.2 Å². The van der Waals surface area contributed by atoms with Gasteiger partial charge in [0.1, 0.15) is 0 Å². The Balaban J connectivity index is 2.06. The molecule has 0 saturated heterocycles. The van der Waals surface area contributed by atoms with Gasteiger partial charge >= 0.3 is 0 Å². The summed E-state index contributed by atoms with van der Waals surface area (Å²) in [6.07, 6.45) is 3.71. The second kappa shape index (κ2) is 7.13. The van der Waals surface area contributed by atoms with Gasteiger partial charge in [0.25, 0.3) is 0 Å². The highest BCUT2D eigenvalue weighted by molar-refractivity contribution is 9.08. The minimum atomic E-state index is -4.42. The fourth-order valence-electron chi connectivity index (χ4n) is 1.90. The van der Waals surface area contributed by atoms with Gasteiger partial charge in [-0.3, -0.25) is 0 Å². The van der Waals surface area contributed by atoms with Crippen LogP contribution in [0.4, 0.5) is 0 Å². The van der Waals surface area contributed by atoms with Gasteiger partial charge < -0.3 is 4.55 Å². The van der Waals surface area contributed by atoms with E-state index in [1.54, 1.807) is 6.07 Å². The Labute approximate surface area is 132 Å². The van der Waals surface area contributed by atoms with Crippen LogP contribution in [0, 0.1) is 0 Å². The van der Waals surface area contributed by atoms with Crippen molar-refractivity contribution in [1.29, 1.82) is 0 Å². The summed E-state index contributed by atoms with van der Waals surface area (Å²) in [5.41, 5.74) is 3.09. The van der Waals surface area contributed by atoms with E-state index in [1.807, 2.05) is 27.7 Å². The number of nitrogens with zero attached hydrogens (tertiary/aromatic N) is 1. The Hall–Kier alpha value is -1.28. The Morgan fingerprint density at radius 1 is 1.10 bits per heavy atom. The third-order valence-electron chi connectivity index (χ3n) is 2.91. The molecule has 0 fully saturated rings. The number of nitrogens with one attached hydrogen (secondary N) is 1. The molecule has 21 heavy (non-hydrogen) atoms. The van der Waals surface area contributed by atoms with Crippen LogP contribution in [0.3, 0.4) is 0 Å². The summed E-state index contributed by atoms with van der Waals surface area (Å²) in [6, 6.07) is 11.8. The molecule has 0 aliphatic heterocycles. The van der Waals surface area contributed by atoms with Crippen molar-refractivity contribution in [3.05, 3.63) is 65.5 Å². The van der Waals surface area contributed by atoms with Gasteiger partial charge in [-0.15, -0.1) is 0 Å². The van der Waals surface area contributed by atoms with Gasteiger partial charge in [0, 0.05) is 29.1 Å². The average molecular weight is 371 g/mol. The molecule has 1 N–H and O–H groups in total. The van der Waals surface area contributed by atoms with Gasteiger partial charge in [-0.25, -0.2) is 17.7 Å². The van der Waals surface area contributed by atoms with Crippen LogP contribution in [-0.2, 0) is 28.7 Å². The van der Waals surface area contributed by atoms with Crippen molar-refractivity contribution < 1.29 is 17.5 Å². The number of benzene rings is 1. The molecular weight excluding hydrogens is 356 g/mol. The fourth-order valence-corrected chi connectivity index (χ4v) is 2.61. The molecule has 1 aromatic heterocycles. The second-order valence-electron chi connectivity index (χ2n) is 4.61. The zero-order valence-electron chi connectivity index (χ0n) is 11.2. The summed E-state index contributed by atoms with van der Waals surface area (Å²) < 4.78 is 35.6. The number of halogens is 1. The topological polar surface area (TPSA) is 73.1 Å². The van der Waals surface area contributed by atoms with E-state index in [4.69, 9.17) is 0 Å². The number of rotatable bonds is 6. The fraction of sp³-hybridized carbons (Fsp3) is 0.214. The SMILES string of the molecule is O=S(=O)([O-])NCc1ccc[n+](Cc2ccc(CBr)cc2)c1. The summed E-state index contributed by atoms with van der Waals surface area (Å²) in [5, 5.41) is 0.825. The van der Waals surface area contributed by atoms with E-state index in [-0.39, 0.29) is 6.54 Å². The normalized spacial score (nSPS) is 11.5. The smallest absolute Gasteiger partial charge is 0.173 e. The molecule has 0 aliphatic carbocycles. The molecule has 0 aliphatic rings. The standard InChI is InChI=1S/C14H15BrN2O3S/c15-8-12-3-5-13(6-4-12)10-17-7-1-2-14(11-17)9-16-21(18,19)20/h1-7,11,16H,8-10H2. The van der Waals surface area contributed by atoms with E-state index in [0.29, 0.717) is 6.54 Å². The molecule has 0 bridgehead atoms. The zero-order valence-corrected chi connectivity index (χ0v) is 13.6. The minimum absolute atomic E-state index is 0.00476. The summed E-state index contributed by atoms with van der Waals surface area (Å²) in [5.74, 6) is 0. The lowest BCUT2D eigenvalue weighted by molar-refractivity contribution is -0.688. The van der Waals surface area contributed by atoms with E-state index in [9.17, 15) is 13.0 Å². The molecule has 0 radical (unpaired) electrons. The lowest BCUT2D eigenvalue weighted by atomic mass is 10.1. The Kier molecular flexibility index (Phi) is 5.46. The Morgan fingerprint density at radius 3 is 2.38 bits per heavy atom. The van der Waals surface area contributed by atoms with Crippen molar-refractivity contribution in [3.8, 4) is 0 Å². The van der Waals surface area contributed by atoms with Crippen molar-refractivity contribution in [1.82, 2.24) is 4.72 Å². The third-order valence-corrected chi connectivity index (χ3v) is 4.06. The summed E-state index contributed by atoms with van der Waals surface area (Å²) >= 11 is 3.40. The summed E-state index contributed by atoms with van der Waals surface area (Å²) in [7, 11) is -4.42. The molecule has 112 valence electrons. The van der Waals surface area contributed by atoms with Crippen molar-refractivity contribution in [2.75, 3.05) is 0 Å². The van der Waals surface area contributed by atoms with Crippen LogP contribution < -0.4 is 9.29 Å². The highest BCUT2D eigenvalue weighted by atomic mass is 79.9. The van der Waals surface area contributed by atoms with Crippen molar-refractivity contribution in [2.45, 2.75) is 18.4 Å². The van der Waals surface area contributed by atoms with Crippen LogP contribution in [0.15, 0.2) is 48.8 Å². The summed E-state index contributed by atoms with van der Waals surface area (Å²) in [6.45, 7) is 0.676. The first kappa shape index (κ1) is 16.1. The molecule has 0 atom stereocenters. The minimum Gasteiger partial charge on any atom is -0.735 e. The van der Waals surface area contributed by atoms with Gasteiger partial charge in [-0.1, -0.05) is 40.2 Å². The Morgan fingerprint density at radius 2 is 1.76 bits per heavy atom. The number of pyridine rings is 1. The van der Waals surface area contributed by atoms with Gasteiger partial charge in [0.2, 0.25) is 0 Å². The number of hydrogen-bond donors (Lipinski definition) is 1. The number of hydrogen-bond acceptors (Lipinski definition) is 3. The first-order valence-electron chi connectivity index (χ1n) is 6.28. The lowest BCUT2D eigenvalue weighted by Gasteiger charge is -2.08. The molecular formula is C14H15BrN2O3S. The Bertz CT molecular complexity index is 702. The molecule has 0 unspecified atom stereocenters. The molecule has 0 amide bonds. The monoisotopic (exact) mass is 370 g/mol. The predicted molar refractivity (Wildman–Crippen MR) is 81.3 cm³/mol. The molecule has 7 heteroatoms. The highest BCUT2D eigenvalue weighted by Crippen LogP contribution is 2.07. The number of aromatic nitrogens is 1. The maximum atomic E-state index is 10.6. The third kappa shape index (κ3) is 5.55. The first-order chi connectivity index (χ1) is 9.96. The average Bonchev–Trinajstić information content (AvgIpc) is 2.46. The molecule has 1 heterocycles. The van der Waals surface area contributed by atoms with E-state index in [2.05, 4.69) is 40.2 Å². The van der Waals surface area contributed by atoms with Crippen molar-refractivity contribution in [2.24, 2.45) is 0 Å².